The Labute approximate surface area is 206 Å². The van der Waals surface area contributed by atoms with E-state index in [1.807, 2.05) is 36.4 Å². The molecule has 0 unspecified atom stereocenters. The van der Waals surface area contributed by atoms with Crippen LogP contribution >= 0.6 is 0 Å². The van der Waals surface area contributed by atoms with E-state index in [0.717, 1.165) is 31.2 Å². The van der Waals surface area contributed by atoms with E-state index in [1.165, 1.54) is 19.3 Å². The lowest BCUT2D eigenvalue weighted by atomic mass is 9.94. The molecule has 186 valence electrons. The monoisotopic (exact) mass is 478 g/mol. The second kappa shape index (κ2) is 11.8. The van der Waals surface area contributed by atoms with Crippen LogP contribution in [-0.2, 0) is 16.1 Å². The number of ether oxygens (including phenoxy) is 3. The molecule has 0 spiro atoms. The molecular formula is C28H34N2O5. The number of esters is 1. The Hall–Kier alpha value is -3.48. The quantitative estimate of drug-likeness (QED) is 0.509. The number of hydrogen-bond donors (Lipinski definition) is 2. The summed E-state index contributed by atoms with van der Waals surface area (Å²) < 4.78 is 17.5. The Kier molecular flexibility index (Phi) is 8.29. The number of carbonyl (C=O) groups excluding carboxylic acids is 2. The van der Waals surface area contributed by atoms with E-state index in [4.69, 9.17) is 14.2 Å². The summed E-state index contributed by atoms with van der Waals surface area (Å²) in [4.78, 5) is 25.6. The number of allylic oxidation sites excluding steroid dienone is 1. The number of nitrogens with one attached hydrogen (secondary N) is 2. The van der Waals surface area contributed by atoms with Gasteiger partial charge in [0.05, 0.1) is 18.7 Å². The Morgan fingerprint density at radius 1 is 0.971 bits per heavy atom. The summed E-state index contributed by atoms with van der Waals surface area (Å²) in [6.45, 7) is 2.13. The van der Waals surface area contributed by atoms with Crippen LogP contribution in [0.5, 0.6) is 11.5 Å². The maximum absolute atomic E-state index is 13.3. The van der Waals surface area contributed by atoms with Gasteiger partial charge in [-0.05, 0) is 55.9 Å². The van der Waals surface area contributed by atoms with Crippen molar-refractivity contribution in [3.63, 3.8) is 0 Å². The molecule has 0 aromatic heterocycles. The molecule has 1 aliphatic carbocycles. The first kappa shape index (κ1) is 24.6. The van der Waals surface area contributed by atoms with E-state index in [2.05, 4.69) is 10.6 Å². The van der Waals surface area contributed by atoms with Crippen LogP contribution in [0, 0.1) is 0 Å². The normalized spacial score (nSPS) is 19.1. The van der Waals surface area contributed by atoms with Gasteiger partial charge in [0.15, 0.2) is 11.5 Å². The fourth-order valence-corrected chi connectivity index (χ4v) is 4.68. The summed E-state index contributed by atoms with van der Waals surface area (Å²) in [6, 6.07) is 14.3. The van der Waals surface area contributed by atoms with Crippen LogP contribution in [0.25, 0.3) is 0 Å². The molecule has 2 aliphatic rings. The third-order valence-corrected chi connectivity index (χ3v) is 6.57. The number of hydrogen-bond acceptors (Lipinski definition) is 5. The molecule has 0 bridgehead atoms. The molecule has 4 rings (SSSR count). The molecule has 1 heterocycles. The molecule has 1 aliphatic heterocycles. The highest BCUT2D eigenvalue weighted by molar-refractivity contribution is 5.95. The molecule has 7 nitrogen and oxygen atoms in total. The van der Waals surface area contributed by atoms with Gasteiger partial charge in [0, 0.05) is 5.70 Å². The number of methoxy groups -OCH3 is 1. The summed E-state index contributed by atoms with van der Waals surface area (Å²) in [5.74, 6) is 0.713. The highest BCUT2D eigenvalue weighted by atomic mass is 16.5. The third-order valence-electron chi connectivity index (χ3n) is 6.57. The van der Waals surface area contributed by atoms with Gasteiger partial charge in [-0.25, -0.2) is 9.59 Å². The summed E-state index contributed by atoms with van der Waals surface area (Å²) in [6.07, 6.45) is 7.39. The summed E-state index contributed by atoms with van der Waals surface area (Å²) in [7, 11) is 1.57. The number of urea groups is 1. The van der Waals surface area contributed by atoms with Crippen molar-refractivity contribution in [1.82, 2.24) is 10.6 Å². The predicted octanol–water partition coefficient (Wildman–Crippen LogP) is 5.56. The minimum atomic E-state index is -0.651. The average Bonchev–Trinajstić information content (AvgIpc) is 2.84. The van der Waals surface area contributed by atoms with Crippen molar-refractivity contribution >= 4 is 12.0 Å². The lowest BCUT2D eigenvalue weighted by Crippen LogP contribution is -2.45. The molecule has 1 atom stereocenters. The largest absolute Gasteiger partial charge is 0.493 e. The summed E-state index contributed by atoms with van der Waals surface area (Å²) >= 11 is 0. The van der Waals surface area contributed by atoms with Crippen LogP contribution in [-0.4, -0.2) is 25.2 Å². The van der Waals surface area contributed by atoms with Crippen LogP contribution in [0.2, 0.25) is 0 Å². The van der Waals surface area contributed by atoms with Gasteiger partial charge >= 0.3 is 12.0 Å². The van der Waals surface area contributed by atoms with Crippen LogP contribution in [0.4, 0.5) is 4.79 Å². The van der Waals surface area contributed by atoms with Gasteiger partial charge in [-0.1, -0.05) is 55.7 Å². The SMILES string of the molecule is COc1cc([C@@H]2NC(=O)NC(C)=C2C(=O)OC2CCCCCCC2)ccc1OCc1ccccc1. The van der Waals surface area contributed by atoms with E-state index < -0.39 is 12.0 Å². The Balaban J connectivity index is 1.54. The topological polar surface area (TPSA) is 85.9 Å². The van der Waals surface area contributed by atoms with E-state index in [-0.39, 0.29) is 12.1 Å². The van der Waals surface area contributed by atoms with Gasteiger partial charge in [0.1, 0.15) is 12.7 Å². The Bertz CT molecular complexity index is 1060. The molecule has 2 aromatic carbocycles. The van der Waals surface area contributed by atoms with E-state index in [0.29, 0.717) is 34.9 Å². The fraction of sp³-hybridized carbons (Fsp3) is 0.429. The zero-order valence-corrected chi connectivity index (χ0v) is 20.5. The van der Waals surface area contributed by atoms with Gasteiger partial charge in [0.25, 0.3) is 0 Å². The van der Waals surface area contributed by atoms with Crippen molar-refractivity contribution in [2.24, 2.45) is 0 Å². The van der Waals surface area contributed by atoms with E-state index in [9.17, 15) is 9.59 Å². The summed E-state index contributed by atoms with van der Waals surface area (Å²) in [5, 5.41) is 5.60. The highest BCUT2D eigenvalue weighted by Gasteiger charge is 2.34. The smallest absolute Gasteiger partial charge is 0.338 e. The Morgan fingerprint density at radius 3 is 2.40 bits per heavy atom. The van der Waals surface area contributed by atoms with Crippen molar-refractivity contribution in [1.29, 1.82) is 0 Å². The predicted molar refractivity (Wildman–Crippen MR) is 133 cm³/mol. The minimum Gasteiger partial charge on any atom is -0.493 e. The van der Waals surface area contributed by atoms with Crippen molar-refractivity contribution in [3.05, 3.63) is 70.9 Å². The lowest BCUT2D eigenvalue weighted by Gasteiger charge is -2.30. The zero-order valence-electron chi connectivity index (χ0n) is 20.5. The van der Waals surface area contributed by atoms with Gasteiger partial charge in [0.2, 0.25) is 0 Å². The number of rotatable bonds is 7. The van der Waals surface area contributed by atoms with Crippen LogP contribution in [0.3, 0.4) is 0 Å². The van der Waals surface area contributed by atoms with Crippen LogP contribution in [0.15, 0.2) is 59.8 Å². The molecule has 2 amide bonds. The molecule has 2 aromatic rings. The molecule has 7 heteroatoms. The van der Waals surface area contributed by atoms with Gasteiger partial charge in [-0.2, -0.15) is 0 Å². The van der Waals surface area contributed by atoms with Crippen LogP contribution < -0.4 is 20.1 Å². The van der Waals surface area contributed by atoms with E-state index in [1.54, 1.807) is 26.2 Å². The molecule has 2 N–H and O–H groups in total. The van der Waals surface area contributed by atoms with Crippen LogP contribution in [0.1, 0.15) is 69.0 Å². The van der Waals surface area contributed by atoms with Gasteiger partial charge in [-0.3, -0.25) is 0 Å². The number of carbonyl (C=O) groups is 2. The number of amides is 2. The number of benzene rings is 2. The van der Waals surface area contributed by atoms with E-state index >= 15 is 0 Å². The van der Waals surface area contributed by atoms with Gasteiger partial charge in [-0.15, -0.1) is 0 Å². The average molecular weight is 479 g/mol. The first-order chi connectivity index (χ1) is 17.0. The molecular weight excluding hydrogens is 444 g/mol. The Morgan fingerprint density at radius 2 is 1.69 bits per heavy atom. The van der Waals surface area contributed by atoms with Crippen molar-refractivity contribution in [2.45, 2.75) is 70.6 Å². The van der Waals surface area contributed by atoms with Crippen molar-refractivity contribution in [2.75, 3.05) is 7.11 Å². The molecule has 1 fully saturated rings. The molecule has 35 heavy (non-hydrogen) atoms. The first-order valence-corrected chi connectivity index (χ1v) is 12.4. The molecule has 0 saturated heterocycles. The van der Waals surface area contributed by atoms with Crippen molar-refractivity contribution < 1.29 is 23.8 Å². The molecule has 0 radical (unpaired) electrons. The maximum Gasteiger partial charge on any atom is 0.338 e. The minimum absolute atomic E-state index is 0.0929. The highest BCUT2D eigenvalue weighted by Crippen LogP contribution is 2.35. The van der Waals surface area contributed by atoms with Gasteiger partial charge < -0.3 is 24.8 Å². The standard InChI is InChI=1S/C28H34N2O5/c1-19-25(27(31)35-22-13-9-4-3-5-10-14-22)26(30-28(32)29-19)21-15-16-23(24(17-21)33-2)34-18-20-11-7-6-8-12-20/h6-8,11-12,15-17,22,26H,3-5,9-10,13-14,18H2,1-2H3,(H2,29,30,32)/t26-/m0/s1. The summed E-state index contributed by atoms with van der Waals surface area (Å²) in [5.41, 5.74) is 2.67. The third kappa shape index (κ3) is 6.35. The molecule has 1 saturated carbocycles. The zero-order chi connectivity index (χ0) is 24.6. The van der Waals surface area contributed by atoms with Crippen molar-refractivity contribution in [3.8, 4) is 11.5 Å². The lowest BCUT2D eigenvalue weighted by molar-refractivity contribution is -0.145. The fourth-order valence-electron chi connectivity index (χ4n) is 4.68. The maximum atomic E-state index is 13.3. The first-order valence-electron chi connectivity index (χ1n) is 12.4. The second-order valence-electron chi connectivity index (χ2n) is 9.13. The second-order valence-corrected chi connectivity index (χ2v) is 9.13.